The number of aryl methyl sites for hydroxylation is 1. The van der Waals surface area contributed by atoms with Gasteiger partial charge in [-0.3, -0.25) is 9.89 Å². The maximum absolute atomic E-state index is 13.0. The number of hydrogen-bond acceptors (Lipinski definition) is 7. The summed E-state index contributed by atoms with van der Waals surface area (Å²) in [6, 6.07) is 0. The summed E-state index contributed by atoms with van der Waals surface area (Å²) in [4.78, 5) is 23.1. The summed E-state index contributed by atoms with van der Waals surface area (Å²) >= 11 is 0. The van der Waals surface area contributed by atoms with Gasteiger partial charge in [-0.05, 0) is 32.1 Å². The molecule has 4 heterocycles. The predicted molar refractivity (Wildman–Crippen MR) is 102 cm³/mol. The number of amides is 1. The molecule has 0 radical (unpaired) electrons. The van der Waals surface area contributed by atoms with Gasteiger partial charge in [0, 0.05) is 36.5 Å². The Kier molecular flexibility index (Phi) is 4.16. The van der Waals surface area contributed by atoms with E-state index in [1.54, 1.807) is 0 Å². The van der Waals surface area contributed by atoms with Crippen LogP contribution in [0.25, 0.3) is 5.78 Å². The van der Waals surface area contributed by atoms with Crippen LogP contribution in [0.3, 0.4) is 0 Å². The van der Waals surface area contributed by atoms with E-state index in [1.807, 2.05) is 4.90 Å². The number of rotatable bonds is 3. The Hall–Kier alpha value is -2.82. The minimum absolute atomic E-state index is 0.0492. The number of H-pyrrole nitrogens is 1. The summed E-state index contributed by atoms with van der Waals surface area (Å²) in [7, 11) is -3.47. The van der Waals surface area contributed by atoms with E-state index in [0.29, 0.717) is 43.1 Å². The van der Waals surface area contributed by atoms with Gasteiger partial charge in [-0.2, -0.15) is 19.7 Å². The SMILES string of the molecule is CS(=O)(=O)c1cnc2ncnn2c1C1CCN(C(=O)c2n[nH]c3c2CCC3)CC1. The molecule has 5 rings (SSSR count). The summed E-state index contributed by atoms with van der Waals surface area (Å²) in [6.07, 6.45) is 8.07. The normalized spacial score (nSPS) is 17.8. The Morgan fingerprint density at radius 1 is 1.21 bits per heavy atom. The molecule has 1 amide bonds. The summed E-state index contributed by atoms with van der Waals surface area (Å²) in [5.74, 6) is 0.269. The molecule has 2 aliphatic rings. The molecule has 3 aromatic rings. The average molecular weight is 415 g/mol. The number of carbonyl (C=O) groups is 1. The van der Waals surface area contributed by atoms with Gasteiger partial charge in [0.05, 0.1) is 11.9 Å². The van der Waals surface area contributed by atoms with Gasteiger partial charge in [0.2, 0.25) is 0 Å². The molecular weight excluding hydrogens is 394 g/mol. The Balaban J connectivity index is 1.41. The Morgan fingerprint density at radius 2 is 2.00 bits per heavy atom. The third-order valence-electron chi connectivity index (χ3n) is 5.88. The fourth-order valence-electron chi connectivity index (χ4n) is 4.44. The van der Waals surface area contributed by atoms with Crippen LogP contribution < -0.4 is 0 Å². The van der Waals surface area contributed by atoms with Gasteiger partial charge in [0.15, 0.2) is 15.5 Å². The minimum atomic E-state index is -3.47. The van der Waals surface area contributed by atoms with E-state index < -0.39 is 9.84 Å². The molecule has 152 valence electrons. The van der Waals surface area contributed by atoms with E-state index in [-0.39, 0.29) is 16.7 Å². The van der Waals surface area contributed by atoms with Crippen molar-refractivity contribution in [1.82, 2.24) is 34.7 Å². The van der Waals surface area contributed by atoms with Crippen molar-refractivity contribution in [2.24, 2.45) is 0 Å². The maximum atomic E-state index is 13.0. The molecule has 0 unspecified atom stereocenters. The largest absolute Gasteiger partial charge is 0.337 e. The number of carbonyl (C=O) groups excluding carboxylic acids is 1. The van der Waals surface area contributed by atoms with Crippen molar-refractivity contribution >= 4 is 21.5 Å². The smallest absolute Gasteiger partial charge is 0.274 e. The fraction of sp³-hybridized carbons (Fsp3) is 0.500. The highest BCUT2D eigenvalue weighted by atomic mass is 32.2. The first-order valence-corrected chi connectivity index (χ1v) is 11.6. The third-order valence-corrected chi connectivity index (χ3v) is 7.00. The van der Waals surface area contributed by atoms with Crippen LogP contribution in [0.5, 0.6) is 0 Å². The van der Waals surface area contributed by atoms with Gasteiger partial charge in [-0.1, -0.05) is 0 Å². The Morgan fingerprint density at radius 3 is 2.76 bits per heavy atom. The van der Waals surface area contributed by atoms with E-state index in [0.717, 1.165) is 30.5 Å². The van der Waals surface area contributed by atoms with E-state index in [4.69, 9.17) is 0 Å². The summed E-state index contributed by atoms with van der Waals surface area (Å²) in [5.41, 5.74) is 3.26. The van der Waals surface area contributed by atoms with Crippen molar-refractivity contribution in [3.05, 3.63) is 35.2 Å². The van der Waals surface area contributed by atoms with E-state index in [2.05, 4.69) is 25.3 Å². The quantitative estimate of drug-likeness (QED) is 0.669. The van der Waals surface area contributed by atoms with E-state index in [9.17, 15) is 13.2 Å². The van der Waals surface area contributed by atoms with Gasteiger partial charge in [0.1, 0.15) is 11.2 Å². The molecule has 0 spiro atoms. The summed E-state index contributed by atoms with van der Waals surface area (Å²) < 4.78 is 26.2. The van der Waals surface area contributed by atoms with E-state index >= 15 is 0 Å². The molecular formula is C18H21N7O3S. The highest BCUT2D eigenvalue weighted by Gasteiger charge is 2.33. The second-order valence-corrected chi connectivity index (χ2v) is 9.69. The van der Waals surface area contributed by atoms with Gasteiger partial charge in [0.25, 0.3) is 11.7 Å². The van der Waals surface area contributed by atoms with Crippen LogP contribution in [-0.2, 0) is 22.7 Å². The lowest BCUT2D eigenvalue weighted by atomic mass is 9.93. The molecule has 10 nitrogen and oxygen atoms in total. The molecule has 0 bridgehead atoms. The number of piperidine rings is 1. The number of aromatic amines is 1. The van der Waals surface area contributed by atoms with E-state index in [1.165, 1.54) is 23.3 Å². The standard InChI is InChI=1S/C18H21N7O3S/c1-29(27,28)14-9-19-18-20-10-21-25(18)16(14)11-5-7-24(8-6-11)17(26)15-12-3-2-4-13(12)22-23-15/h9-11H,2-8H2,1H3,(H,22,23). The van der Waals surface area contributed by atoms with Crippen molar-refractivity contribution in [2.45, 2.75) is 42.9 Å². The molecule has 1 aliphatic carbocycles. The zero-order chi connectivity index (χ0) is 20.2. The second kappa shape index (κ2) is 6.61. The predicted octanol–water partition coefficient (Wildman–Crippen LogP) is 0.759. The van der Waals surface area contributed by atoms with Crippen LogP contribution >= 0.6 is 0 Å². The molecule has 1 saturated heterocycles. The van der Waals surface area contributed by atoms with Crippen LogP contribution in [0.2, 0.25) is 0 Å². The van der Waals surface area contributed by atoms with Crippen molar-refractivity contribution in [3.8, 4) is 0 Å². The minimum Gasteiger partial charge on any atom is -0.337 e. The van der Waals surface area contributed by atoms with Crippen LogP contribution in [0.1, 0.15) is 52.6 Å². The highest BCUT2D eigenvalue weighted by molar-refractivity contribution is 7.90. The van der Waals surface area contributed by atoms with Gasteiger partial charge >= 0.3 is 0 Å². The first-order chi connectivity index (χ1) is 13.9. The first kappa shape index (κ1) is 18.2. The molecule has 11 heteroatoms. The van der Waals surface area contributed by atoms with Crippen LogP contribution in [0.15, 0.2) is 17.4 Å². The summed E-state index contributed by atoms with van der Waals surface area (Å²) in [5, 5.41) is 11.4. The Labute approximate surface area is 167 Å². The first-order valence-electron chi connectivity index (χ1n) is 9.67. The molecule has 1 aliphatic heterocycles. The number of nitrogens with zero attached hydrogens (tertiary/aromatic N) is 6. The number of hydrogen-bond donors (Lipinski definition) is 1. The Bertz CT molecular complexity index is 1210. The van der Waals surface area contributed by atoms with Gasteiger partial charge in [-0.15, -0.1) is 0 Å². The monoisotopic (exact) mass is 415 g/mol. The number of sulfone groups is 1. The van der Waals surface area contributed by atoms with Gasteiger partial charge < -0.3 is 4.90 Å². The van der Waals surface area contributed by atoms with Crippen molar-refractivity contribution < 1.29 is 13.2 Å². The lowest BCUT2D eigenvalue weighted by Gasteiger charge is -2.32. The zero-order valence-corrected chi connectivity index (χ0v) is 16.8. The number of likely N-dealkylation sites (tertiary alicyclic amines) is 1. The van der Waals surface area contributed by atoms with Crippen molar-refractivity contribution in [2.75, 3.05) is 19.3 Å². The van der Waals surface area contributed by atoms with Crippen molar-refractivity contribution in [1.29, 1.82) is 0 Å². The molecule has 1 fully saturated rings. The molecule has 0 atom stereocenters. The van der Waals surface area contributed by atoms with Crippen LogP contribution in [-0.4, -0.2) is 68.3 Å². The molecule has 0 aromatic carbocycles. The number of aromatic nitrogens is 6. The molecule has 1 N–H and O–H groups in total. The van der Waals surface area contributed by atoms with Crippen LogP contribution in [0, 0.1) is 0 Å². The highest BCUT2D eigenvalue weighted by Crippen LogP contribution is 2.33. The second-order valence-electron chi connectivity index (χ2n) is 7.70. The lowest BCUT2D eigenvalue weighted by Crippen LogP contribution is -2.39. The van der Waals surface area contributed by atoms with Crippen LogP contribution in [0.4, 0.5) is 0 Å². The number of fused-ring (bicyclic) bond motifs is 2. The maximum Gasteiger partial charge on any atom is 0.274 e. The lowest BCUT2D eigenvalue weighted by molar-refractivity contribution is 0.0703. The van der Waals surface area contributed by atoms with Crippen molar-refractivity contribution in [3.63, 3.8) is 0 Å². The summed E-state index contributed by atoms with van der Waals surface area (Å²) in [6.45, 7) is 1.07. The van der Waals surface area contributed by atoms with Gasteiger partial charge in [-0.25, -0.2) is 13.4 Å². The molecule has 3 aromatic heterocycles. The molecule has 0 saturated carbocycles. The average Bonchev–Trinajstić information content (AvgIpc) is 3.42. The topological polar surface area (TPSA) is 126 Å². The third kappa shape index (κ3) is 3.00. The zero-order valence-electron chi connectivity index (χ0n) is 16.0. The molecule has 29 heavy (non-hydrogen) atoms. The number of nitrogens with one attached hydrogen (secondary N) is 1. The fourth-order valence-corrected chi connectivity index (χ4v) is 5.32.